The predicted molar refractivity (Wildman–Crippen MR) is 157 cm³/mol. The zero-order valence-electron chi connectivity index (χ0n) is 21.3. The van der Waals surface area contributed by atoms with Crippen molar-refractivity contribution in [2.45, 2.75) is 32.1 Å². The molecule has 198 valence electrons. The molecule has 0 fully saturated rings. The van der Waals surface area contributed by atoms with E-state index in [-0.39, 0.29) is 5.91 Å². The number of fused-ring (bicyclic) bond motifs is 1. The molecule has 2 aromatic heterocycles. The molecular weight excluding hydrogens is 531 g/mol. The molecule has 0 unspecified atom stereocenters. The van der Waals surface area contributed by atoms with Gasteiger partial charge in [0.15, 0.2) is 0 Å². The first-order chi connectivity index (χ1) is 19.0. The van der Waals surface area contributed by atoms with Gasteiger partial charge in [-0.2, -0.15) is 5.10 Å². The molecular formula is C31H28Cl2N4O2. The van der Waals surface area contributed by atoms with Crippen molar-refractivity contribution in [1.82, 2.24) is 20.1 Å². The van der Waals surface area contributed by atoms with E-state index in [4.69, 9.17) is 28.3 Å². The van der Waals surface area contributed by atoms with Crippen LogP contribution in [-0.4, -0.2) is 33.5 Å². The maximum absolute atomic E-state index is 13.6. The average molecular weight is 559 g/mol. The Bertz CT molecular complexity index is 1590. The van der Waals surface area contributed by atoms with Crippen LogP contribution in [0.15, 0.2) is 79.0 Å². The zero-order valence-corrected chi connectivity index (χ0v) is 22.8. The Morgan fingerprint density at radius 3 is 2.49 bits per heavy atom. The number of aldehydes is 1. The Hall–Kier alpha value is -3.87. The first-order valence-corrected chi connectivity index (χ1v) is 13.7. The van der Waals surface area contributed by atoms with Crippen molar-refractivity contribution in [3.8, 4) is 16.9 Å². The average Bonchev–Trinajstić information content (AvgIpc) is 3.52. The number of halogens is 2. The quantitative estimate of drug-likeness (QED) is 0.131. The van der Waals surface area contributed by atoms with E-state index in [1.54, 1.807) is 0 Å². The van der Waals surface area contributed by atoms with Crippen LogP contribution in [0.1, 0.15) is 47.3 Å². The summed E-state index contributed by atoms with van der Waals surface area (Å²) in [4.78, 5) is 27.5. The molecule has 6 nitrogen and oxygen atoms in total. The molecule has 0 spiro atoms. The maximum atomic E-state index is 13.6. The summed E-state index contributed by atoms with van der Waals surface area (Å²) in [5, 5.41) is 9.97. The second kappa shape index (κ2) is 12.3. The van der Waals surface area contributed by atoms with Crippen LogP contribution in [0.5, 0.6) is 0 Å². The number of rotatable bonds is 11. The fourth-order valence-electron chi connectivity index (χ4n) is 4.77. The number of carbonyl (C=O) groups excluding carboxylic acids is 2. The number of aromatic nitrogens is 3. The molecule has 0 saturated heterocycles. The van der Waals surface area contributed by atoms with Gasteiger partial charge in [0.05, 0.1) is 17.6 Å². The number of hydrogen-bond acceptors (Lipinski definition) is 3. The van der Waals surface area contributed by atoms with Gasteiger partial charge >= 0.3 is 0 Å². The Morgan fingerprint density at radius 1 is 0.949 bits per heavy atom. The van der Waals surface area contributed by atoms with E-state index < -0.39 is 0 Å². The van der Waals surface area contributed by atoms with Crippen molar-refractivity contribution in [2.24, 2.45) is 0 Å². The lowest BCUT2D eigenvalue weighted by Crippen LogP contribution is -2.25. The van der Waals surface area contributed by atoms with Crippen molar-refractivity contribution in [3.05, 3.63) is 106 Å². The molecule has 5 aromatic rings. The lowest BCUT2D eigenvalue weighted by atomic mass is 9.98. The summed E-state index contributed by atoms with van der Waals surface area (Å²) >= 11 is 12.5. The van der Waals surface area contributed by atoms with Crippen LogP contribution in [0.3, 0.4) is 0 Å². The van der Waals surface area contributed by atoms with E-state index in [9.17, 15) is 9.59 Å². The molecule has 2 heterocycles. The van der Waals surface area contributed by atoms with Crippen LogP contribution in [0.4, 0.5) is 0 Å². The van der Waals surface area contributed by atoms with Gasteiger partial charge in [-0.05, 0) is 54.8 Å². The minimum Gasteiger partial charge on any atom is -0.351 e. The van der Waals surface area contributed by atoms with Gasteiger partial charge in [0.1, 0.15) is 12.0 Å². The van der Waals surface area contributed by atoms with Crippen LogP contribution in [0, 0.1) is 0 Å². The number of benzene rings is 3. The molecule has 39 heavy (non-hydrogen) atoms. The lowest BCUT2D eigenvalue weighted by molar-refractivity contribution is -0.107. The van der Waals surface area contributed by atoms with Crippen LogP contribution in [-0.2, 0) is 11.2 Å². The Balaban J connectivity index is 1.61. The molecule has 8 heteroatoms. The van der Waals surface area contributed by atoms with Crippen molar-refractivity contribution in [1.29, 1.82) is 0 Å². The van der Waals surface area contributed by atoms with Gasteiger partial charge in [-0.25, -0.2) is 4.68 Å². The highest BCUT2D eigenvalue weighted by molar-refractivity contribution is 6.31. The summed E-state index contributed by atoms with van der Waals surface area (Å²) < 4.78 is 1.89. The molecule has 5 rings (SSSR count). The van der Waals surface area contributed by atoms with Crippen LogP contribution in [0.25, 0.3) is 27.8 Å². The van der Waals surface area contributed by atoms with E-state index >= 15 is 0 Å². The lowest BCUT2D eigenvalue weighted by Gasteiger charge is -2.13. The third kappa shape index (κ3) is 6.08. The monoisotopic (exact) mass is 558 g/mol. The number of hydrogen-bond donors (Lipinski definition) is 2. The summed E-state index contributed by atoms with van der Waals surface area (Å²) in [5.74, 6) is -0.203. The van der Waals surface area contributed by atoms with Gasteiger partial charge in [-0.1, -0.05) is 66.0 Å². The number of aromatic amines is 1. The number of H-pyrrole nitrogens is 1. The van der Waals surface area contributed by atoms with Crippen molar-refractivity contribution >= 4 is 46.3 Å². The molecule has 3 aromatic carbocycles. The highest BCUT2D eigenvalue weighted by Crippen LogP contribution is 2.38. The second-order valence-electron chi connectivity index (χ2n) is 9.41. The molecule has 0 aliphatic rings. The number of nitrogens with zero attached hydrogens (tertiary/aromatic N) is 2. The van der Waals surface area contributed by atoms with E-state index in [2.05, 4.69) is 10.3 Å². The fraction of sp³-hybridized carbons (Fsp3) is 0.194. The predicted octanol–water partition coefficient (Wildman–Crippen LogP) is 7.41. The minimum absolute atomic E-state index is 0.203. The van der Waals surface area contributed by atoms with Crippen molar-refractivity contribution < 1.29 is 9.59 Å². The minimum atomic E-state index is -0.203. The van der Waals surface area contributed by atoms with Gasteiger partial charge in [-0.15, -0.1) is 0 Å². The molecule has 0 aliphatic heterocycles. The first-order valence-electron chi connectivity index (χ1n) is 13.0. The van der Waals surface area contributed by atoms with Gasteiger partial charge < -0.3 is 15.1 Å². The van der Waals surface area contributed by atoms with Gasteiger partial charge in [0.2, 0.25) is 0 Å². The van der Waals surface area contributed by atoms with E-state index in [1.165, 1.54) is 0 Å². The number of para-hydroxylation sites is 1. The first kappa shape index (κ1) is 26.7. The summed E-state index contributed by atoms with van der Waals surface area (Å²) in [6, 6.07) is 23.2. The highest BCUT2D eigenvalue weighted by Gasteiger charge is 2.25. The molecule has 0 radical (unpaired) electrons. The van der Waals surface area contributed by atoms with Gasteiger partial charge in [-0.3, -0.25) is 4.79 Å². The SMILES string of the molecule is O=CCCCCCNC(=O)c1[nH]c2cc(Cl)ccc2c1-c1c(Cc2ccc(Cl)cc2)cnn1-c1ccccc1. The topological polar surface area (TPSA) is 79.8 Å². The van der Waals surface area contributed by atoms with E-state index in [0.717, 1.165) is 64.5 Å². The molecule has 2 N–H and O–H groups in total. The number of carbonyl (C=O) groups is 2. The summed E-state index contributed by atoms with van der Waals surface area (Å²) in [6.07, 6.45) is 6.43. The smallest absolute Gasteiger partial charge is 0.268 e. The normalized spacial score (nSPS) is 11.1. The van der Waals surface area contributed by atoms with Crippen LogP contribution in [0.2, 0.25) is 10.0 Å². The Labute approximate surface area is 236 Å². The number of nitrogens with one attached hydrogen (secondary N) is 2. The third-order valence-electron chi connectivity index (χ3n) is 6.66. The van der Waals surface area contributed by atoms with Crippen LogP contribution < -0.4 is 5.32 Å². The largest absolute Gasteiger partial charge is 0.351 e. The Morgan fingerprint density at radius 2 is 1.72 bits per heavy atom. The molecule has 0 bridgehead atoms. The number of amides is 1. The van der Waals surface area contributed by atoms with Gasteiger partial charge in [0, 0.05) is 51.5 Å². The standard InChI is InChI=1S/C31H28Cl2N4O2/c32-23-12-10-21(11-13-23)18-22-20-35-37(25-8-4-3-5-9-25)30(22)28-26-15-14-24(33)19-27(26)36-29(28)31(39)34-16-6-1-2-7-17-38/h3-5,8-15,17,19-20,36H,1-2,6-7,16,18H2,(H,34,39). The second-order valence-corrected chi connectivity index (χ2v) is 10.3. The highest BCUT2D eigenvalue weighted by atomic mass is 35.5. The third-order valence-corrected chi connectivity index (χ3v) is 7.15. The molecule has 0 saturated carbocycles. The number of unbranched alkanes of at least 4 members (excludes halogenated alkanes) is 3. The van der Waals surface area contributed by atoms with E-state index in [0.29, 0.717) is 35.1 Å². The van der Waals surface area contributed by atoms with Gasteiger partial charge in [0.25, 0.3) is 5.91 Å². The van der Waals surface area contributed by atoms with Crippen molar-refractivity contribution in [2.75, 3.05) is 6.54 Å². The summed E-state index contributed by atoms with van der Waals surface area (Å²) in [6.45, 7) is 0.517. The summed E-state index contributed by atoms with van der Waals surface area (Å²) in [7, 11) is 0. The molecule has 0 aliphatic carbocycles. The fourth-order valence-corrected chi connectivity index (χ4v) is 5.07. The molecule has 1 amide bonds. The summed E-state index contributed by atoms with van der Waals surface area (Å²) in [5.41, 5.74) is 5.77. The Kier molecular flexibility index (Phi) is 8.45. The molecule has 0 atom stereocenters. The maximum Gasteiger partial charge on any atom is 0.268 e. The van der Waals surface area contributed by atoms with Crippen molar-refractivity contribution in [3.63, 3.8) is 0 Å². The van der Waals surface area contributed by atoms with Crippen LogP contribution >= 0.6 is 23.2 Å². The zero-order chi connectivity index (χ0) is 27.2. The van der Waals surface area contributed by atoms with E-state index in [1.807, 2.05) is 83.7 Å².